The highest BCUT2D eigenvalue weighted by Crippen LogP contribution is 2.21. The summed E-state index contributed by atoms with van der Waals surface area (Å²) in [6, 6.07) is 6.00. The monoisotopic (exact) mass is 354 g/mol. The van der Waals surface area contributed by atoms with Crippen LogP contribution >= 0.6 is 0 Å². The van der Waals surface area contributed by atoms with Gasteiger partial charge < -0.3 is 10.6 Å². The van der Waals surface area contributed by atoms with Crippen LogP contribution in [0.15, 0.2) is 24.4 Å². The number of rotatable bonds is 4. The summed E-state index contributed by atoms with van der Waals surface area (Å²) in [6.45, 7) is 0. The molecule has 2 amide bonds. The summed E-state index contributed by atoms with van der Waals surface area (Å²) in [5.74, 6) is -0.0851. The first-order valence-electron chi connectivity index (χ1n) is 9.81. The Morgan fingerprint density at radius 1 is 0.885 bits per heavy atom. The van der Waals surface area contributed by atoms with Crippen molar-refractivity contribution >= 4 is 17.3 Å². The molecule has 2 aromatic rings. The van der Waals surface area contributed by atoms with Crippen LogP contribution in [0.25, 0.3) is 5.52 Å². The number of hydrogen-bond donors (Lipinski definition) is 2. The number of nitrogens with zero attached hydrogens (tertiary/aromatic N) is 2. The Kier molecular flexibility index (Phi) is 4.91. The predicted molar refractivity (Wildman–Crippen MR) is 99.3 cm³/mol. The zero-order chi connectivity index (χ0) is 17.9. The first kappa shape index (κ1) is 17.1. The topological polar surface area (TPSA) is 75.5 Å². The van der Waals surface area contributed by atoms with Crippen molar-refractivity contribution in [1.29, 1.82) is 0 Å². The Morgan fingerprint density at radius 2 is 1.50 bits per heavy atom. The van der Waals surface area contributed by atoms with Gasteiger partial charge in [-0.05, 0) is 37.8 Å². The fourth-order valence-electron chi connectivity index (χ4n) is 4.19. The minimum absolute atomic E-state index is 0.183. The van der Waals surface area contributed by atoms with Gasteiger partial charge in [-0.2, -0.15) is 0 Å². The molecule has 0 aromatic carbocycles. The van der Waals surface area contributed by atoms with E-state index in [-0.39, 0.29) is 23.9 Å². The van der Waals surface area contributed by atoms with Crippen LogP contribution in [-0.4, -0.2) is 33.3 Å². The maximum Gasteiger partial charge on any atom is 0.287 e. The Labute approximate surface area is 153 Å². The van der Waals surface area contributed by atoms with Crippen molar-refractivity contribution in [1.82, 2.24) is 20.0 Å². The lowest BCUT2D eigenvalue weighted by molar-refractivity contribution is 0.0916. The number of nitrogens with one attached hydrogen (secondary N) is 2. The molecule has 2 aliphatic carbocycles. The Balaban J connectivity index is 1.58. The van der Waals surface area contributed by atoms with Gasteiger partial charge in [0.25, 0.3) is 11.8 Å². The number of amides is 2. The molecule has 2 aromatic heterocycles. The SMILES string of the molecule is O=C(NC1CCCC1)c1nc(C(=O)NC2CCCCC2)n2ccccc12. The second kappa shape index (κ2) is 7.48. The summed E-state index contributed by atoms with van der Waals surface area (Å²) >= 11 is 0. The van der Waals surface area contributed by atoms with Crippen molar-refractivity contribution < 1.29 is 9.59 Å². The Bertz CT molecular complexity index is 801. The molecule has 2 aliphatic rings. The smallest absolute Gasteiger partial charge is 0.287 e. The second-order valence-corrected chi connectivity index (χ2v) is 7.50. The molecule has 0 bridgehead atoms. The highest BCUT2D eigenvalue weighted by atomic mass is 16.2. The fraction of sp³-hybridized carbons (Fsp3) is 0.550. The Hall–Kier alpha value is -2.37. The molecule has 2 fully saturated rings. The lowest BCUT2D eigenvalue weighted by Gasteiger charge is -2.22. The normalized spacial score (nSPS) is 18.9. The number of pyridine rings is 1. The molecule has 6 heteroatoms. The first-order chi connectivity index (χ1) is 12.7. The Morgan fingerprint density at radius 3 is 2.19 bits per heavy atom. The van der Waals surface area contributed by atoms with E-state index in [1.165, 1.54) is 6.42 Å². The molecule has 2 N–H and O–H groups in total. The largest absolute Gasteiger partial charge is 0.348 e. The molecule has 138 valence electrons. The van der Waals surface area contributed by atoms with E-state index in [9.17, 15) is 9.59 Å². The first-order valence-corrected chi connectivity index (χ1v) is 9.81. The quantitative estimate of drug-likeness (QED) is 0.886. The van der Waals surface area contributed by atoms with Gasteiger partial charge in [-0.15, -0.1) is 0 Å². The number of carbonyl (C=O) groups is 2. The van der Waals surface area contributed by atoms with Gasteiger partial charge in [0.15, 0.2) is 5.69 Å². The van der Waals surface area contributed by atoms with E-state index < -0.39 is 0 Å². The number of carbonyl (C=O) groups excluding carboxylic acids is 2. The third kappa shape index (κ3) is 3.45. The average Bonchev–Trinajstić information content (AvgIpc) is 3.30. The molecule has 2 heterocycles. The molecule has 0 spiro atoms. The van der Waals surface area contributed by atoms with E-state index in [2.05, 4.69) is 15.6 Å². The zero-order valence-electron chi connectivity index (χ0n) is 15.0. The van der Waals surface area contributed by atoms with E-state index in [0.717, 1.165) is 51.4 Å². The molecule has 0 saturated heterocycles. The van der Waals surface area contributed by atoms with Gasteiger partial charge in [-0.1, -0.05) is 38.2 Å². The van der Waals surface area contributed by atoms with Crippen molar-refractivity contribution in [2.24, 2.45) is 0 Å². The molecule has 6 nitrogen and oxygen atoms in total. The summed E-state index contributed by atoms with van der Waals surface area (Å²) in [4.78, 5) is 29.9. The maximum absolute atomic E-state index is 12.8. The minimum atomic E-state index is -0.196. The molecule has 0 unspecified atom stereocenters. The zero-order valence-corrected chi connectivity index (χ0v) is 15.0. The van der Waals surface area contributed by atoms with Gasteiger partial charge >= 0.3 is 0 Å². The molecular weight excluding hydrogens is 328 g/mol. The van der Waals surface area contributed by atoms with E-state index in [1.807, 2.05) is 18.2 Å². The molecule has 2 saturated carbocycles. The van der Waals surface area contributed by atoms with Crippen LogP contribution in [0.5, 0.6) is 0 Å². The number of hydrogen-bond acceptors (Lipinski definition) is 3. The van der Waals surface area contributed by atoms with Gasteiger partial charge in [-0.25, -0.2) is 4.98 Å². The molecule has 0 atom stereocenters. The van der Waals surface area contributed by atoms with Crippen LogP contribution in [-0.2, 0) is 0 Å². The van der Waals surface area contributed by atoms with Crippen molar-refractivity contribution in [3.8, 4) is 0 Å². The predicted octanol–water partition coefficient (Wildman–Crippen LogP) is 3.07. The van der Waals surface area contributed by atoms with Gasteiger partial charge in [0.1, 0.15) is 0 Å². The average molecular weight is 354 g/mol. The van der Waals surface area contributed by atoms with E-state index >= 15 is 0 Å². The summed E-state index contributed by atoms with van der Waals surface area (Å²) < 4.78 is 1.72. The van der Waals surface area contributed by atoms with Gasteiger partial charge in [0.05, 0.1) is 5.52 Å². The number of fused-ring (bicyclic) bond motifs is 1. The second-order valence-electron chi connectivity index (χ2n) is 7.50. The standard InChI is InChI=1S/C20H26N4O2/c25-19(21-14-10-4-5-11-14)17-16-12-6-7-13-24(16)18(23-17)20(26)22-15-8-2-1-3-9-15/h6-7,12-15H,1-5,8-11H2,(H,21,25)(H,22,26). The summed E-state index contributed by atoms with van der Waals surface area (Å²) in [5, 5.41) is 6.17. The minimum Gasteiger partial charge on any atom is -0.348 e. The van der Waals surface area contributed by atoms with Crippen LogP contribution in [0.2, 0.25) is 0 Å². The molecule has 26 heavy (non-hydrogen) atoms. The molecule has 0 radical (unpaired) electrons. The van der Waals surface area contributed by atoms with Gasteiger partial charge in [-0.3, -0.25) is 14.0 Å². The molecular formula is C20H26N4O2. The lowest BCUT2D eigenvalue weighted by Crippen LogP contribution is -2.37. The van der Waals surface area contributed by atoms with Crippen molar-refractivity contribution in [2.75, 3.05) is 0 Å². The van der Waals surface area contributed by atoms with Crippen LogP contribution < -0.4 is 10.6 Å². The van der Waals surface area contributed by atoms with Crippen molar-refractivity contribution in [3.05, 3.63) is 35.9 Å². The molecule has 0 aliphatic heterocycles. The third-order valence-corrected chi connectivity index (χ3v) is 5.60. The maximum atomic E-state index is 12.8. The highest BCUT2D eigenvalue weighted by Gasteiger charge is 2.25. The summed E-state index contributed by atoms with van der Waals surface area (Å²) in [5.41, 5.74) is 1.02. The lowest BCUT2D eigenvalue weighted by atomic mass is 9.95. The van der Waals surface area contributed by atoms with E-state index in [4.69, 9.17) is 0 Å². The third-order valence-electron chi connectivity index (χ3n) is 5.60. The van der Waals surface area contributed by atoms with E-state index in [1.54, 1.807) is 10.6 Å². The van der Waals surface area contributed by atoms with Gasteiger partial charge in [0.2, 0.25) is 5.82 Å². The summed E-state index contributed by atoms with van der Waals surface area (Å²) in [7, 11) is 0. The number of aromatic nitrogens is 2. The molecule has 4 rings (SSSR count). The summed E-state index contributed by atoms with van der Waals surface area (Å²) in [6.07, 6.45) is 11.7. The van der Waals surface area contributed by atoms with Crippen molar-refractivity contribution in [3.63, 3.8) is 0 Å². The highest BCUT2D eigenvalue weighted by molar-refractivity contribution is 6.02. The fourth-order valence-corrected chi connectivity index (χ4v) is 4.19. The van der Waals surface area contributed by atoms with E-state index in [0.29, 0.717) is 17.0 Å². The van der Waals surface area contributed by atoms with Crippen LogP contribution in [0.4, 0.5) is 0 Å². The van der Waals surface area contributed by atoms with Gasteiger partial charge in [0, 0.05) is 18.3 Å². The number of imidazole rings is 1. The van der Waals surface area contributed by atoms with Crippen LogP contribution in [0.3, 0.4) is 0 Å². The van der Waals surface area contributed by atoms with Crippen LogP contribution in [0.1, 0.15) is 78.9 Å². The van der Waals surface area contributed by atoms with Crippen molar-refractivity contribution in [2.45, 2.75) is 69.9 Å². The van der Waals surface area contributed by atoms with Crippen LogP contribution in [0, 0.1) is 0 Å².